The van der Waals surface area contributed by atoms with Crippen LogP contribution < -0.4 is 15.4 Å². The van der Waals surface area contributed by atoms with Crippen molar-refractivity contribution in [3.63, 3.8) is 0 Å². The summed E-state index contributed by atoms with van der Waals surface area (Å²) in [7, 11) is 3.18. The van der Waals surface area contributed by atoms with Gasteiger partial charge < -0.3 is 19.9 Å². The molecule has 0 amide bonds. The molecule has 31 heavy (non-hydrogen) atoms. The van der Waals surface area contributed by atoms with Gasteiger partial charge in [0.1, 0.15) is 17.1 Å². The van der Waals surface area contributed by atoms with E-state index in [1.807, 2.05) is 41.9 Å². The molecule has 160 valence electrons. The highest BCUT2D eigenvalue weighted by Crippen LogP contribution is 2.35. The molecule has 2 N–H and O–H groups in total. The van der Waals surface area contributed by atoms with Crippen LogP contribution in [0.15, 0.2) is 60.8 Å². The van der Waals surface area contributed by atoms with E-state index in [4.69, 9.17) is 4.74 Å². The number of aryl methyl sites for hydroxylation is 1. The first-order chi connectivity index (χ1) is 14.8. The summed E-state index contributed by atoms with van der Waals surface area (Å²) in [6.45, 7) is 0.612. The normalized spacial score (nSPS) is 11.5. The molecular weight excluding hydrogens is 407 g/mol. The van der Waals surface area contributed by atoms with Gasteiger partial charge >= 0.3 is 6.18 Å². The van der Waals surface area contributed by atoms with Gasteiger partial charge in [-0.15, -0.1) is 0 Å². The number of aromatic nitrogens is 3. The predicted octanol–water partition coefficient (Wildman–Crippen LogP) is 5.35. The van der Waals surface area contributed by atoms with Crippen LogP contribution >= 0.6 is 0 Å². The molecule has 0 spiro atoms. The highest BCUT2D eigenvalue weighted by molar-refractivity contribution is 5.81. The van der Waals surface area contributed by atoms with Crippen molar-refractivity contribution in [1.82, 2.24) is 14.5 Å². The van der Waals surface area contributed by atoms with Crippen molar-refractivity contribution in [2.45, 2.75) is 12.7 Å². The summed E-state index contributed by atoms with van der Waals surface area (Å²) in [6, 6.07) is 15.1. The van der Waals surface area contributed by atoms with Gasteiger partial charge in [-0.25, -0.2) is 9.97 Å². The SMILES string of the molecule is COc1cc(Nc2cc3c(cn2)nc(NCc2ccccc2)n3C)cc(C(F)(F)F)c1. The van der Waals surface area contributed by atoms with Gasteiger partial charge in [0.25, 0.3) is 0 Å². The van der Waals surface area contributed by atoms with Crippen LogP contribution in [0.5, 0.6) is 5.75 Å². The number of hydrogen-bond acceptors (Lipinski definition) is 5. The van der Waals surface area contributed by atoms with E-state index in [0.29, 0.717) is 23.8 Å². The molecule has 2 aromatic carbocycles. The lowest BCUT2D eigenvalue weighted by atomic mass is 10.1. The average Bonchev–Trinajstić information content (AvgIpc) is 3.07. The van der Waals surface area contributed by atoms with Gasteiger partial charge in [0.2, 0.25) is 5.95 Å². The number of halogens is 3. The number of anilines is 3. The van der Waals surface area contributed by atoms with Crippen LogP contribution in [0.25, 0.3) is 11.0 Å². The second kappa shape index (κ2) is 8.17. The molecule has 0 radical (unpaired) electrons. The predicted molar refractivity (Wildman–Crippen MR) is 114 cm³/mol. The number of alkyl halides is 3. The molecule has 0 unspecified atom stereocenters. The first-order valence-corrected chi connectivity index (χ1v) is 9.47. The van der Waals surface area contributed by atoms with E-state index in [2.05, 4.69) is 20.6 Å². The molecule has 0 bridgehead atoms. The van der Waals surface area contributed by atoms with Gasteiger partial charge in [-0.1, -0.05) is 30.3 Å². The van der Waals surface area contributed by atoms with E-state index in [0.717, 1.165) is 23.2 Å². The summed E-state index contributed by atoms with van der Waals surface area (Å²) in [6.07, 6.45) is -2.90. The molecule has 0 saturated carbocycles. The molecule has 9 heteroatoms. The lowest BCUT2D eigenvalue weighted by Crippen LogP contribution is -2.06. The second-order valence-corrected chi connectivity index (χ2v) is 6.96. The van der Waals surface area contributed by atoms with Crippen molar-refractivity contribution in [1.29, 1.82) is 0 Å². The minimum atomic E-state index is -4.48. The number of methoxy groups -OCH3 is 1. The van der Waals surface area contributed by atoms with Crippen molar-refractivity contribution >= 4 is 28.5 Å². The van der Waals surface area contributed by atoms with Crippen LogP contribution in [0.3, 0.4) is 0 Å². The zero-order valence-electron chi connectivity index (χ0n) is 16.9. The number of rotatable bonds is 6. The Morgan fingerprint density at radius 2 is 1.84 bits per heavy atom. The Labute approximate surface area is 176 Å². The molecule has 2 heterocycles. The fourth-order valence-corrected chi connectivity index (χ4v) is 3.20. The maximum atomic E-state index is 13.2. The number of hydrogen-bond donors (Lipinski definition) is 2. The lowest BCUT2D eigenvalue weighted by Gasteiger charge is -2.13. The van der Waals surface area contributed by atoms with Crippen LogP contribution in [0, 0.1) is 0 Å². The van der Waals surface area contributed by atoms with E-state index < -0.39 is 11.7 Å². The zero-order chi connectivity index (χ0) is 22.0. The monoisotopic (exact) mass is 427 g/mol. The van der Waals surface area contributed by atoms with Crippen molar-refractivity contribution in [2.75, 3.05) is 17.7 Å². The van der Waals surface area contributed by atoms with Crippen LogP contribution in [0.2, 0.25) is 0 Å². The van der Waals surface area contributed by atoms with Crippen molar-refractivity contribution < 1.29 is 17.9 Å². The fourth-order valence-electron chi connectivity index (χ4n) is 3.20. The number of nitrogens with one attached hydrogen (secondary N) is 2. The highest BCUT2D eigenvalue weighted by atomic mass is 19.4. The van der Waals surface area contributed by atoms with E-state index in [1.54, 1.807) is 12.3 Å². The average molecular weight is 427 g/mol. The molecule has 0 fully saturated rings. The summed E-state index contributed by atoms with van der Waals surface area (Å²) in [5, 5.41) is 6.21. The summed E-state index contributed by atoms with van der Waals surface area (Å²) < 4.78 is 46.4. The maximum absolute atomic E-state index is 13.2. The van der Waals surface area contributed by atoms with Gasteiger partial charge in [0, 0.05) is 31.4 Å². The molecule has 0 saturated heterocycles. The number of nitrogens with zero attached hydrogens (tertiary/aromatic N) is 3. The Balaban J connectivity index is 1.59. The zero-order valence-corrected chi connectivity index (χ0v) is 16.9. The van der Waals surface area contributed by atoms with E-state index in [1.165, 1.54) is 13.2 Å². The van der Waals surface area contributed by atoms with Crippen LogP contribution in [-0.2, 0) is 19.8 Å². The quantitative estimate of drug-likeness (QED) is 0.434. The number of fused-ring (bicyclic) bond motifs is 1. The topological polar surface area (TPSA) is 64.0 Å². The Morgan fingerprint density at radius 1 is 1.06 bits per heavy atom. The Hall–Kier alpha value is -3.75. The molecule has 4 rings (SSSR count). The standard InChI is InChI=1S/C22H20F3N5O/c1-30-19-11-20(28-16-8-15(22(23,24)25)9-17(10-16)31-2)26-13-18(19)29-21(30)27-12-14-6-4-3-5-7-14/h3-11,13H,12H2,1-2H3,(H,26,28)(H,27,29). The maximum Gasteiger partial charge on any atom is 0.416 e. The van der Waals surface area contributed by atoms with E-state index in [-0.39, 0.29) is 11.4 Å². The number of pyridine rings is 1. The number of benzene rings is 2. The smallest absolute Gasteiger partial charge is 0.416 e. The Morgan fingerprint density at radius 3 is 2.55 bits per heavy atom. The summed E-state index contributed by atoms with van der Waals surface area (Å²) in [5.74, 6) is 1.16. The third-order valence-electron chi connectivity index (χ3n) is 4.80. The van der Waals surface area contributed by atoms with Crippen molar-refractivity contribution in [3.05, 3.63) is 71.9 Å². The lowest BCUT2D eigenvalue weighted by molar-refractivity contribution is -0.137. The van der Waals surface area contributed by atoms with E-state index in [9.17, 15) is 13.2 Å². The largest absolute Gasteiger partial charge is 0.497 e. The van der Waals surface area contributed by atoms with Gasteiger partial charge in [0.05, 0.1) is 24.4 Å². The van der Waals surface area contributed by atoms with Gasteiger partial charge in [-0.3, -0.25) is 0 Å². The molecule has 0 aliphatic carbocycles. The van der Waals surface area contributed by atoms with Crippen LogP contribution in [0.1, 0.15) is 11.1 Å². The van der Waals surface area contributed by atoms with Crippen molar-refractivity contribution in [3.8, 4) is 5.75 Å². The molecule has 0 atom stereocenters. The minimum Gasteiger partial charge on any atom is -0.497 e. The molecule has 4 aromatic rings. The molecule has 2 aromatic heterocycles. The molecule has 0 aliphatic heterocycles. The third-order valence-corrected chi connectivity index (χ3v) is 4.80. The Bertz CT molecular complexity index is 1210. The van der Waals surface area contributed by atoms with Gasteiger partial charge in [-0.05, 0) is 17.7 Å². The van der Waals surface area contributed by atoms with Crippen molar-refractivity contribution in [2.24, 2.45) is 7.05 Å². The third kappa shape index (κ3) is 4.55. The first kappa shape index (κ1) is 20.5. The first-order valence-electron chi connectivity index (χ1n) is 9.47. The van der Waals surface area contributed by atoms with Gasteiger partial charge in [-0.2, -0.15) is 13.2 Å². The summed E-state index contributed by atoms with van der Waals surface area (Å²) in [4.78, 5) is 8.83. The minimum absolute atomic E-state index is 0.103. The summed E-state index contributed by atoms with van der Waals surface area (Å²) >= 11 is 0. The van der Waals surface area contributed by atoms with Crippen LogP contribution in [0.4, 0.5) is 30.6 Å². The van der Waals surface area contributed by atoms with E-state index >= 15 is 0 Å². The Kier molecular flexibility index (Phi) is 5.41. The second-order valence-electron chi connectivity index (χ2n) is 6.96. The molecular formula is C22H20F3N5O. The fraction of sp³-hybridized carbons (Fsp3) is 0.182. The summed E-state index contributed by atoms with van der Waals surface area (Å²) in [5.41, 5.74) is 2.00. The highest BCUT2D eigenvalue weighted by Gasteiger charge is 2.31. The molecule has 6 nitrogen and oxygen atoms in total. The number of imidazole rings is 1. The van der Waals surface area contributed by atoms with Crippen LogP contribution in [-0.4, -0.2) is 21.6 Å². The molecule has 0 aliphatic rings. The number of ether oxygens (including phenoxy) is 1. The van der Waals surface area contributed by atoms with Gasteiger partial charge in [0.15, 0.2) is 0 Å².